The van der Waals surface area contributed by atoms with Gasteiger partial charge in [-0.05, 0) is 30.7 Å². The summed E-state index contributed by atoms with van der Waals surface area (Å²) < 4.78 is 13.7. The third-order valence-corrected chi connectivity index (χ3v) is 3.13. The van der Waals surface area contributed by atoms with Crippen LogP contribution in [0.4, 0.5) is 4.39 Å². The van der Waals surface area contributed by atoms with Gasteiger partial charge < -0.3 is 10.6 Å². The number of nitrogens with two attached hydrogens (primary N) is 1. The van der Waals surface area contributed by atoms with Gasteiger partial charge in [-0.1, -0.05) is 28.9 Å². The van der Waals surface area contributed by atoms with Crippen LogP contribution >= 0.6 is 11.6 Å². The molecule has 0 saturated heterocycles. The second-order valence-corrected chi connectivity index (χ2v) is 4.50. The van der Waals surface area contributed by atoms with Crippen LogP contribution in [0.5, 0.6) is 0 Å². The summed E-state index contributed by atoms with van der Waals surface area (Å²) in [4.78, 5) is 20.4. The second-order valence-electron chi connectivity index (χ2n) is 4.12. The van der Waals surface area contributed by atoms with Crippen molar-refractivity contribution in [3.05, 3.63) is 64.2 Å². The van der Waals surface area contributed by atoms with Crippen molar-refractivity contribution in [1.82, 2.24) is 4.98 Å². The fourth-order valence-electron chi connectivity index (χ4n) is 1.54. The highest BCUT2D eigenvalue weighted by atomic mass is 35.5. The molecule has 0 atom stereocenters. The molecule has 0 aliphatic heterocycles. The largest absolute Gasteiger partial charge is 0.379 e. The summed E-state index contributed by atoms with van der Waals surface area (Å²) in [5.41, 5.74) is 6.11. The van der Waals surface area contributed by atoms with Gasteiger partial charge in [0.25, 0.3) is 0 Å². The Hall–Kier alpha value is -2.47. The zero-order valence-corrected chi connectivity index (χ0v) is 11.8. The first-order chi connectivity index (χ1) is 10.0. The molecular weight excluding hydrogens is 297 g/mol. The molecule has 2 aromatic rings. The van der Waals surface area contributed by atoms with Crippen LogP contribution in [0.1, 0.15) is 21.6 Å². The molecule has 0 spiro atoms. The van der Waals surface area contributed by atoms with Gasteiger partial charge in [0, 0.05) is 6.20 Å². The minimum Gasteiger partial charge on any atom is -0.379 e. The molecule has 0 unspecified atom stereocenters. The van der Waals surface area contributed by atoms with Gasteiger partial charge in [-0.25, -0.2) is 9.18 Å². The Labute approximate surface area is 125 Å². The molecule has 1 aromatic heterocycles. The number of benzene rings is 1. The Balaban J connectivity index is 2.22. The predicted octanol–water partition coefficient (Wildman–Crippen LogP) is 2.66. The quantitative estimate of drug-likeness (QED) is 0.409. The average molecular weight is 308 g/mol. The summed E-state index contributed by atoms with van der Waals surface area (Å²) in [5.74, 6) is -1.92. The van der Waals surface area contributed by atoms with E-state index in [1.54, 1.807) is 25.1 Å². The maximum atomic E-state index is 13.7. The molecular formula is C14H11ClFN3O2. The summed E-state index contributed by atoms with van der Waals surface area (Å²) in [6.07, 6.45) is 1.51. The van der Waals surface area contributed by atoms with E-state index >= 15 is 0 Å². The number of hydrogen-bond acceptors (Lipinski definition) is 4. The van der Waals surface area contributed by atoms with Crippen LogP contribution in [0.25, 0.3) is 0 Å². The van der Waals surface area contributed by atoms with Crippen LogP contribution in [0.3, 0.4) is 0 Å². The summed E-state index contributed by atoms with van der Waals surface area (Å²) >= 11 is 5.89. The average Bonchev–Trinajstić information content (AvgIpc) is 2.50. The monoisotopic (exact) mass is 307 g/mol. The fraction of sp³-hybridized carbons (Fsp3) is 0.0714. The van der Waals surface area contributed by atoms with Crippen LogP contribution in [0, 0.1) is 12.7 Å². The Morgan fingerprint density at radius 2 is 2.14 bits per heavy atom. The number of aryl methyl sites for hydroxylation is 1. The number of carbonyl (C=O) groups is 1. The van der Waals surface area contributed by atoms with E-state index in [1.807, 2.05) is 0 Å². The number of oxime groups is 1. The van der Waals surface area contributed by atoms with Gasteiger partial charge in [-0.2, -0.15) is 0 Å². The standard InChI is InChI=1S/C14H11ClFN3O2/c1-8-5-6-9(16)11(12(8)15)14(20)21-19-13(17)10-4-2-3-7-18-10/h2-7H,1H3,(H2,17,19). The van der Waals surface area contributed by atoms with Gasteiger partial charge in [0.1, 0.15) is 17.1 Å². The molecule has 0 bridgehead atoms. The number of hydrogen-bond donors (Lipinski definition) is 1. The lowest BCUT2D eigenvalue weighted by molar-refractivity contribution is 0.0510. The van der Waals surface area contributed by atoms with E-state index in [0.29, 0.717) is 11.3 Å². The molecule has 0 saturated carbocycles. The van der Waals surface area contributed by atoms with Gasteiger partial charge in [0.2, 0.25) is 0 Å². The fourth-order valence-corrected chi connectivity index (χ4v) is 1.77. The molecule has 0 amide bonds. The van der Waals surface area contributed by atoms with E-state index in [1.165, 1.54) is 12.3 Å². The third kappa shape index (κ3) is 3.35. The highest BCUT2D eigenvalue weighted by Crippen LogP contribution is 2.24. The second kappa shape index (κ2) is 6.32. The zero-order chi connectivity index (χ0) is 15.4. The normalized spacial score (nSPS) is 11.3. The SMILES string of the molecule is Cc1ccc(F)c(C(=O)O/N=C(\N)c2ccccn2)c1Cl. The molecule has 108 valence electrons. The molecule has 0 aliphatic rings. The summed E-state index contributed by atoms with van der Waals surface area (Å²) in [7, 11) is 0. The van der Waals surface area contributed by atoms with Gasteiger partial charge in [0.05, 0.1) is 5.02 Å². The summed E-state index contributed by atoms with van der Waals surface area (Å²) in [6, 6.07) is 7.57. The third-order valence-electron chi connectivity index (χ3n) is 2.64. The number of pyridine rings is 1. The molecule has 0 fully saturated rings. The lowest BCUT2D eigenvalue weighted by Gasteiger charge is -2.05. The van der Waals surface area contributed by atoms with Gasteiger partial charge >= 0.3 is 5.97 Å². The number of halogens is 2. The smallest absolute Gasteiger partial charge is 0.370 e. The van der Waals surface area contributed by atoms with Crippen LogP contribution in [-0.4, -0.2) is 16.8 Å². The maximum Gasteiger partial charge on any atom is 0.370 e. The van der Waals surface area contributed by atoms with Crippen molar-refractivity contribution < 1.29 is 14.0 Å². The number of nitrogens with zero attached hydrogens (tertiary/aromatic N) is 2. The summed E-state index contributed by atoms with van der Waals surface area (Å²) in [6.45, 7) is 1.64. The highest BCUT2D eigenvalue weighted by Gasteiger charge is 2.19. The van der Waals surface area contributed by atoms with Crippen LogP contribution in [-0.2, 0) is 4.84 Å². The first kappa shape index (κ1) is 14.9. The minimum absolute atomic E-state index is 0.0217. The molecule has 21 heavy (non-hydrogen) atoms. The first-order valence-electron chi connectivity index (χ1n) is 5.91. The van der Waals surface area contributed by atoms with Crippen molar-refractivity contribution in [2.24, 2.45) is 10.9 Å². The number of amidine groups is 1. The lowest BCUT2D eigenvalue weighted by Crippen LogP contribution is -2.17. The molecule has 1 heterocycles. The van der Waals surface area contributed by atoms with Crippen molar-refractivity contribution >= 4 is 23.4 Å². The Bertz CT molecular complexity index is 705. The molecule has 0 aliphatic carbocycles. The molecule has 7 heteroatoms. The Morgan fingerprint density at radius 1 is 1.38 bits per heavy atom. The van der Waals surface area contributed by atoms with E-state index in [2.05, 4.69) is 15.0 Å². The van der Waals surface area contributed by atoms with E-state index in [0.717, 1.165) is 6.07 Å². The van der Waals surface area contributed by atoms with Crippen LogP contribution in [0.15, 0.2) is 41.7 Å². The van der Waals surface area contributed by atoms with Gasteiger partial charge in [0.15, 0.2) is 5.84 Å². The number of carbonyl (C=O) groups excluding carboxylic acids is 1. The van der Waals surface area contributed by atoms with Gasteiger partial charge in [-0.3, -0.25) is 4.98 Å². The van der Waals surface area contributed by atoms with E-state index in [4.69, 9.17) is 17.3 Å². The molecule has 1 aromatic carbocycles. The maximum absolute atomic E-state index is 13.7. The molecule has 2 N–H and O–H groups in total. The predicted molar refractivity (Wildman–Crippen MR) is 76.5 cm³/mol. The Morgan fingerprint density at radius 3 is 2.81 bits per heavy atom. The van der Waals surface area contributed by atoms with Crippen molar-refractivity contribution in [2.45, 2.75) is 6.92 Å². The van der Waals surface area contributed by atoms with Crippen molar-refractivity contribution in [3.63, 3.8) is 0 Å². The number of rotatable bonds is 3. The zero-order valence-electron chi connectivity index (χ0n) is 11.0. The van der Waals surface area contributed by atoms with Crippen molar-refractivity contribution in [1.29, 1.82) is 0 Å². The molecule has 5 nitrogen and oxygen atoms in total. The van der Waals surface area contributed by atoms with Crippen LogP contribution in [0.2, 0.25) is 5.02 Å². The molecule has 2 rings (SSSR count). The Kier molecular flexibility index (Phi) is 4.49. The first-order valence-corrected chi connectivity index (χ1v) is 6.29. The van der Waals surface area contributed by atoms with E-state index < -0.39 is 11.8 Å². The topological polar surface area (TPSA) is 77.6 Å². The minimum atomic E-state index is -1.03. The molecule has 0 radical (unpaired) electrons. The van der Waals surface area contributed by atoms with Gasteiger partial charge in [-0.15, -0.1) is 0 Å². The lowest BCUT2D eigenvalue weighted by atomic mass is 10.1. The van der Waals surface area contributed by atoms with Crippen LogP contribution < -0.4 is 5.73 Å². The highest BCUT2D eigenvalue weighted by molar-refractivity contribution is 6.34. The summed E-state index contributed by atoms with van der Waals surface area (Å²) in [5, 5.41) is 3.42. The number of aromatic nitrogens is 1. The van der Waals surface area contributed by atoms with E-state index in [-0.39, 0.29) is 16.4 Å². The van der Waals surface area contributed by atoms with Crippen molar-refractivity contribution in [3.8, 4) is 0 Å². The van der Waals surface area contributed by atoms with Crippen molar-refractivity contribution in [2.75, 3.05) is 0 Å². The van der Waals surface area contributed by atoms with E-state index in [9.17, 15) is 9.18 Å².